The van der Waals surface area contributed by atoms with Crippen LogP contribution < -0.4 is 5.32 Å². The molecule has 3 rings (SSSR count). The number of aryl methyl sites for hydroxylation is 1. The van der Waals surface area contributed by atoms with Gasteiger partial charge in [-0.15, -0.1) is 11.3 Å². The van der Waals surface area contributed by atoms with Crippen molar-refractivity contribution in [2.75, 3.05) is 26.7 Å². The van der Waals surface area contributed by atoms with Crippen LogP contribution in [0.15, 0.2) is 46.8 Å². The second kappa shape index (κ2) is 8.02. The highest BCUT2D eigenvalue weighted by molar-refractivity contribution is 7.09. The minimum atomic E-state index is -0.841. The van der Waals surface area contributed by atoms with Gasteiger partial charge in [0, 0.05) is 25.0 Å². The molecule has 25 heavy (non-hydrogen) atoms. The van der Waals surface area contributed by atoms with Crippen molar-refractivity contribution in [3.8, 4) is 0 Å². The fraction of sp³-hybridized carbons (Fsp3) is 0.450. The molecule has 4 nitrogen and oxygen atoms in total. The van der Waals surface area contributed by atoms with Crippen molar-refractivity contribution in [3.05, 3.63) is 57.8 Å². The third-order valence-electron chi connectivity index (χ3n) is 4.79. The molecule has 1 aromatic heterocycles. The summed E-state index contributed by atoms with van der Waals surface area (Å²) in [6.07, 6.45) is 2.67. The van der Waals surface area contributed by atoms with E-state index in [1.807, 2.05) is 18.2 Å². The molecule has 0 fully saturated rings. The maximum absolute atomic E-state index is 11.1. The number of guanidine groups is 1. The molecule has 1 unspecified atom stereocenters. The lowest BCUT2D eigenvalue weighted by Gasteiger charge is -2.25. The molecule has 0 saturated carbocycles. The largest absolute Gasteiger partial charge is 0.383 e. The molecule has 2 aromatic rings. The van der Waals surface area contributed by atoms with Gasteiger partial charge in [0.15, 0.2) is 5.96 Å². The van der Waals surface area contributed by atoms with Gasteiger partial charge in [-0.2, -0.15) is 0 Å². The zero-order valence-electron chi connectivity index (χ0n) is 15.0. The minimum absolute atomic E-state index is 0.399. The van der Waals surface area contributed by atoms with E-state index < -0.39 is 5.60 Å². The van der Waals surface area contributed by atoms with Crippen LogP contribution in [0, 0.1) is 0 Å². The van der Waals surface area contributed by atoms with Crippen LogP contribution in [0.4, 0.5) is 0 Å². The van der Waals surface area contributed by atoms with Gasteiger partial charge in [0.05, 0.1) is 6.54 Å². The molecule has 0 radical (unpaired) electrons. The van der Waals surface area contributed by atoms with Gasteiger partial charge in [-0.1, -0.05) is 30.3 Å². The van der Waals surface area contributed by atoms with Gasteiger partial charge in [0.25, 0.3) is 0 Å². The zero-order valence-corrected chi connectivity index (χ0v) is 15.9. The second-order valence-corrected chi connectivity index (χ2v) is 7.64. The van der Waals surface area contributed by atoms with Gasteiger partial charge in [0.2, 0.25) is 0 Å². The van der Waals surface area contributed by atoms with Crippen molar-refractivity contribution in [1.29, 1.82) is 0 Å². The maximum Gasteiger partial charge on any atom is 0.193 e. The number of rotatable bonds is 6. The monoisotopic (exact) mass is 357 g/mol. The Morgan fingerprint density at radius 3 is 2.92 bits per heavy atom. The van der Waals surface area contributed by atoms with Gasteiger partial charge in [-0.25, -0.2) is 4.99 Å². The van der Waals surface area contributed by atoms with E-state index in [0.717, 1.165) is 43.9 Å². The van der Waals surface area contributed by atoms with Crippen molar-refractivity contribution in [3.63, 3.8) is 0 Å². The second-order valence-electron chi connectivity index (χ2n) is 6.61. The Hall–Kier alpha value is -1.85. The predicted octanol–water partition coefficient (Wildman–Crippen LogP) is 3.02. The third-order valence-corrected chi connectivity index (χ3v) is 5.72. The van der Waals surface area contributed by atoms with Crippen LogP contribution >= 0.6 is 11.3 Å². The summed E-state index contributed by atoms with van der Waals surface area (Å²) in [7, 11) is 2.06. The summed E-state index contributed by atoms with van der Waals surface area (Å²) in [6, 6.07) is 12.4. The first kappa shape index (κ1) is 18.0. The van der Waals surface area contributed by atoms with Crippen LogP contribution in [-0.2, 0) is 18.4 Å². The number of aliphatic imine (C=N–C) groups is 1. The molecule has 134 valence electrons. The zero-order chi connectivity index (χ0) is 17.7. The van der Waals surface area contributed by atoms with Gasteiger partial charge >= 0.3 is 0 Å². The van der Waals surface area contributed by atoms with E-state index in [9.17, 15) is 5.11 Å². The molecule has 0 bridgehead atoms. The minimum Gasteiger partial charge on any atom is -0.383 e. The molecule has 0 saturated heterocycles. The van der Waals surface area contributed by atoms with Gasteiger partial charge in [0.1, 0.15) is 5.60 Å². The number of hydrogen-bond acceptors (Lipinski definition) is 3. The van der Waals surface area contributed by atoms with E-state index in [-0.39, 0.29) is 0 Å². The lowest BCUT2D eigenvalue weighted by Crippen LogP contribution is -2.41. The summed E-state index contributed by atoms with van der Waals surface area (Å²) >= 11 is 1.79. The smallest absolute Gasteiger partial charge is 0.193 e. The molecule has 0 aliphatic heterocycles. The van der Waals surface area contributed by atoms with Crippen LogP contribution in [0.25, 0.3) is 0 Å². The summed E-state index contributed by atoms with van der Waals surface area (Å²) in [4.78, 5) is 8.28. The summed E-state index contributed by atoms with van der Waals surface area (Å²) in [5, 5.41) is 16.5. The Bertz CT molecular complexity index is 713. The van der Waals surface area contributed by atoms with Crippen LogP contribution in [0.3, 0.4) is 0 Å². The first-order valence-corrected chi connectivity index (χ1v) is 9.83. The molecule has 1 heterocycles. The Balaban J connectivity index is 1.67. The lowest BCUT2D eigenvalue weighted by atomic mass is 9.96. The molecule has 2 N–H and O–H groups in total. The van der Waals surface area contributed by atoms with E-state index in [1.165, 1.54) is 10.4 Å². The fourth-order valence-corrected chi connectivity index (χ4v) is 4.04. The quantitative estimate of drug-likeness (QED) is 0.617. The fourth-order valence-electron chi connectivity index (χ4n) is 3.35. The topological polar surface area (TPSA) is 47.9 Å². The molecule has 0 amide bonds. The van der Waals surface area contributed by atoms with Gasteiger partial charge in [-0.05, 0) is 48.8 Å². The predicted molar refractivity (Wildman–Crippen MR) is 105 cm³/mol. The van der Waals surface area contributed by atoms with E-state index in [4.69, 9.17) is 4.99 Å². The first-order valence-electron chi connectivity index (χ1n) is 8.95. The normalized spacial score (nSPS) is 19.7. The van der Waals surface area contributed by atoms with Crippen molar-refractivity contribution in [2.45, 2.75) is 31.8 Å². The average molecular weight is 358 g/mol. The molecule has 5 heteroatoms. The first-order chi connectivity index (χ1) is 12.1. The SMILES string of the molecule is CCNC(=NCC1(O)CCc2ccccc21)N(C)CCc1cccs1. The van der Waals surface area contributed by atoms with Gasteiger partial charge < -0.3 is 15.3 Å². The number of benzene rings is 1. The number of hydrogen-bond donors (Lipinski definition) is 2. The van der Waals surface area contributed by atoms with Crippen molar-refractivity contribution < 1.29 is 5.11 Å². The summed E-state index contributed by atoms with van der Waals surface area (Å²) < 4.78 is 0. The number of nitrogens with zero attached hydrogens (tertiary/aromatic N) is 2. The maximum atomic E-state index is 11.1. The third kappa shape index (κ3) is 4.22. The molecular weight excluding hydrogens is 330 g/mol. The van der Waals surface area contributed by atoms with Crippen LogP contribution in [0.5, 0.6) is 0 Å². The van der Waals surface area contributed by atoms with Crippen molar-refractivity contribution in [2.24, 2.45) is 4.99 Å². The number of thiophene rings is 1. The molecular formula is C20H27N3OS. The van der Waals surface area contributed by atoms with E-state index in [1.54, 1.807) is 11.3 Å². The number of nitrogens with one attached hydrogen (secondary N) is 1. The Morgan fingerprint density at radius 2 is 2.16 bits per heavy atom. The van der Waals surface area contributed by atoms with Crippen LogP contribution in [0.1, 0.15) is 29.3 Å². The summed E-state index contributed by atoms with van der Waals surface area (Å²) in [5.74, 6) is 0.858. The Labute approximate surface area is 154 Å². The molecule has 1 aliphatic rings. The van der Waals surface area contributed by atoms with Crippen molar-refractivity contribution in [1.82, 2.24) is 10.2 Å². The van der Waals surface area contributed by atoms with Crippen molar-refractivity contribution >= 4 is 17.3 Å². The van der Waals surface area contributed by atoms with Crippen LogP contribution in [0.2, 0.25) is 0 Å². The molecule has 1 atom stereocenters. The molecule has 1 aliphatic carbocycles. The Kier molecular flexibility index (Phi) is 5.76. The highest BCUT2D eigenvalue weighted by Crippen LogP contribution is 2.36. The highest BCUT2D eigenvalue weighted by atomic mass is 32.1. The molecule has 0 spiro atoms. The number of likely N-dealkylation sites (N-methyl/N-ethyl adjacent to an activating group) is 1. The van der Waals surface area contributed by atoms with Crippen LogP contribution in [-0.4, -0.2) is 42.6 Å². The average Bonchev–Trinajstić information content (AvgIpc) is 3.26. The highest BCUT2D eigenvalue weighted by Gasteiger charge is 2.36. The standard InChI is InChI=1S/C20H27N3OS/c1-3-21-19(23(2)13-11-17-8-6-14-25-17)22-15-20(24)12-10-16-7-4-5-9-18(16)20/h4-9,14,24H,3,10-13,15H2,1-2H3,(H,21,22). The summed E-state index contributed by atoms with van der Waals surface area (Å²) in [5.41, 5.74) is 1.44. The number of fused-ring (bicyclic) bond motifs is 1. The van der Waals surface area contributed by atoms with E-state index >= 15 is 0 Å². The lowest BCUT2D eigenvalue weighted by molar-refractivity contribution is 0.0483. The van der Waals surface area contributed by atoms with E-state index in [0.29, 0.717) is 6.54 Å². The Morgan fingerprint density at radius 1 is 1.32 bits per heavy atom. The molecule has 1 aromatic carbocycles. The van der Waals surface area contributed by atoms with E-state index in [2.05, 4.69) is 47.8 Å². The summed E-state index contributed by atoms with van der Waals surface area (Å²) in [6.45, 7) is 4.19. The van der Waals surface area contributed by atoms with Gasteiger partial charge in [-0.3, -0.25) is 0 Å². The number of aliphatic hydroxyl groups is 1.